The Morgan fingerprint density at radius 3 is 3.10 bits per heavy atom. The van der Waals surface area contributed by atoms with Crippen LogP contribution in [0.1, 0.15) is 31.9 Å². The summed E-state index contributed by atoms with van der Waals surface area (Å²) in [5, 5.41) is 7.24. The highest BCUT2D eigenvalue weighted by molar-refractivity contribution is 7.98. The molecular formula is C15H24N2O2S2. The summed E-state index contributed by atoms with van der Waals surface area (Å²) in [5.41, 5.74) is 1.17. The third-order valence-electron chi connectivity index (χ3n) is 3.59. The van der Waals surface area contributed by atoms with Gasteiger partial charge in [0.2, 0.25) is 0 Å². The second-order valence-corrected chi connectivity index (χ2v) is 7.29. The molecule has 0 aromatic carbocycles. The number of ether oxygens (including phenoxy) is 1. The van der Waals surface area contributed by atoms with E-state index < -0.39 is 0 Å². The highest BCUT2D eigenvalue weighted by Crippen LogP contribution is 2.26. The number of carbonyl (C=O) groups excluding carboxylic acids is 1. The minimum Gasteiger partial charge on any atom is -0.367 e. The lowest BCUT2D eigenvalue weighted by Gasteiger charge is -2.37. The van der Waals surface area contributed by atoms with Gasteiger partial charge in [-0.25, -0.2) is 4.79 Å². The standard InChI is InChI=1S/C15H24N2O2S2/c1-11(4-6-20-3)16-15(18)17-8-12(2)19-14(9-17)13-5-7-21-10-13/h5,7,10-12,14H,4,6,8-9H2,1-3H3,(H,16,18). The first kappa shape index (κ1) is 16.6. The zero-order valence-corrected chi connectivity index (χ0v) is 14.5. The van der Waals surface area contributed by atoms with Gasteiger partial charge in [-0.2, -0.15) is 23.1 Å². The van der Waals surface area contributed by atoms with Crippen molar-refractivity contribution >= 4 is 29.1 Å². The molecule has 21 heavy (non-hydrogen) atoms. The van der Waals surface area contributed by atoms with Gasteiger partial charge in [-0.1, -0.05) is 0 Å². The molecule has 0 spiro atoms. The van der Waals surface area contributed by atoms with Crippen LogP contribution in [0.2, 0.25) is 0 Å². The van der Waals surface area contributed by atoms with E-state index >= 15 is 0 Å². The molecule has 6 heteroatoms. The van der Waals surface area contributed by atoms with Crippen LogP contribution in [0.5, 0.6) is 0 Å². The van der Waals surface area contributed by atoms with E-state index in [1.807, 2.05) is 29.0 Å². The van der Waals surface area contributed by atoms with Crippen LogP contribution in [-0.2, 0) is 4.74 Å². The number of carbonyl (C=O) groups is 1. The van der Waals surface area contributed by atoms with Crippen molar-refractivity contribution in [3.8, 4) is 0 Å². The van der Waals surface area contributed by atoms with Crippen molar-refractivity contribution in [2.24, 2.45) is 0 Å². The summed E-state index contributed by atoms with van der Waals surface area (Å²) in [4.78, 5) is 14.3. The number of urea groups is 1. The molecule has 1 N–H and O–H groups in total. The van der Waals surface area contributed by atoms with Gasteiger partial charge in [0.1, 0.15) is 6.10 Å². The van der Waals surface area contributed by atoms with E-state index in [0.29, 0.717) is 13.1 Å². The number of hydrogen-bond donors (Lipinski definition) is 1. The van der Waals surface area contributed by atoms with Gasteiger partial charge in [0.05, 0.1) is 12.6 Å². The third-order valence-corrected chi connectivity index (χ3v) is 4.93. The van der Waals surface area contributed by atoms with Crippen LogP contribution in [0.15, 0.2) is 16.8 Å². The van der Waals surface area contributed by atoms with Crippen molar-refractivity contribution in [1.29, 1.82) is 0 Å². The van der Waals surface area contributed by atoms with Gasteiger partial charge in [0, 0.05) is 12.6 Å². The molecule has 1 fully saturated rings. The number of nitrogens with zero attached hydrogens (tertiary/aromatic N) is 1. The monoisotopic (exact) mass is 328 g/mol. The zero-order chi connectivity index (χ0) is 15.2. The van der Waals surface area contributed by atoms with E-state index in [1.165, 1.54) is 5.56 Å². The van der Waals surface area contributed by atoms with E-state index in [0.717, 1.165) is 12.2 Å². The van der Waals surface area contributed by atoms with Crippen molar-refractivity contribution in [3.63, 3.8) is 0 Å². The predicted octanol–water partition coefficient (Wildman–Crippen LogP) is 3.36. The molecule has 0 saturated carbocycles. The summed E-state index contributed by atoms with van der Waals surface area (Å²) in [6.45, 7) is 5.37. The highest BCUT2D eigenvalue weighted by atomic mass is 32.2. The average Bonchev–Trinajstić information content (AvgIpc) is 2.98. The molecule has 2 rings (SSSR count). The van der Waals surface area contributed by atoms with Crippen LogP contribution >= 0.6 is 23.1 Å². The average molecular weight is 329 g/mol. The SMILES string of the molecule is CSCCC(C)NC(=O)N1CC(C)OC(c2ccsc2)C1. The summed E-state index contributed by atoms with van der Waals surface area (Å²) in [5.74, 6) is 1.07. The van der Waals surface area contributed by atoms with E-state index in [-0.39, 0.29) is 24.3 Å². The van der Waals surface area contributed by atoms with Crippen molar-refractivity contribution in [2.75, 3.05) is 25.1 Å². The fraction of sp³-hybridized carbons (Fsp3) is 0.667. The molecule has 1 saturated heterocycles. The number of thioether (sulfide) groups is 1. The second kappa shape index (κ2) is 8.06. The second-order valence-electron chi connectivity index (χ2n) is 5.53. The summed E-state index contributed by atoms with van der Waals surface area (Å²) in [6, 6.07) is 2.31. The number of thiophene rings is 1. The first-order valence-corrected chi connectivity index (χ1v) is 9.65. The molecule has 118 valence electrons. The molecule has 1 aromatic rings. The van der Waals surface area contributed by atoms with Gasteiger partial charge in [-0.05, 0) is 54.7 Å². The zero-order valence-electron chi connectivity index (χ0n) is 12.9. The Hall–Kier alpha value is -0.720. The number of hydrogen-bond acceptors (Lipinski definition) is 4. The van der Waals surface area contributed by atoms with Gasteiger partial charge in [-0.3, -0.25) is 0 Å². The topological polar surface area (TPSA) is 41.6 Å². The van der Waals surface area contributed by atoms with Crippen LogP contribution in [0.4, 0.5) is 4.79 Å². The normalized spacial score (nSPS) is 23.9. The van der Waals surface area contributed by atoms with Crippen molar-refractivity contribution < 1.29 is 9.53 Å². The van der Waals surface area contributed by atoms with E-state index in [9.17, 15) is 4.79 Å². The molecule has 0 bridgehead atoms. The number of amides is 2. The quantitative estimate of drug-likeness (QED) is 0.901. The van der Waals surface area contributed by atoms with Gasteiger partial charge < -0.3 is 15.0 Å². The van der Waals surface area contributed by atoms with E-state index in [1.54, 1.807) is 11.3 Å². The number of nitrogens with one attached hydrogen (secondary N) is 1. The molecule has 3 unspecified atom stereocenters. The Balaban J connectivity index is 1.91. The molecule has 0 radical (unpaired) electrons. The number of rotatable bonds is 5. The van der Waals surface area contributed by atoms with E-state index in [2.05, 4.69) is 29.9 Å². The molecule has 3 atom stereocenters. The molecule has 4 nitrogen and oxygen atoms in total. The van der Waals surface area contributed by atoms with E-state index in [4.69, 9.17) is 4.74 Å². The molecule has 1 aliphatic heterocycles. The fourth-order valence-corrected chi connectivity index (χ4v) is 3.72. The summed E-state index contributed by atoms with van der Waals surface area (Å²) < 4.78 is 5.96. The fourth-order valence-electron chi connectivity index (χ4n) is 2.43. The Morgan fingerprint density at radius 1 is 1.62 bits per heavy atom. The Kier molecular flexibility index (Phi) is 6.39. The summed E-state index contributed by atoms with van der Waals surface area (Å²) >= 11 is 3.47. The Bertz CT molecular complexity index is 439. The van der Waals surface area contributed by atoms with Gasteiger partial charge >= 0.3 is 6.03 Å². The van der Waals surface area contributed by atoms with Gasteiger partial charge in [0.25, 0.3) is 0 Å². The van der Waals surface area contributed by atoms with Crippen LogP contribution in [0, 0.1) is 0 Å². The molecule has 1 aromatic heterocycles. The molecule has 0 aliphatic carbocycles. The molecule has 1 aliphatic rings. The summed E-state index contributed by atoms with van der Waals surface area (Å²) in [7, 11) is 0. The molecule has 2 heterocycles. The third kappa shape index (κ3) is 4.90. The van der Waals surface area contributed by atoms with Crippen molar-refractivity contribution in [3.05, 3.63) is 22.4 Å². The molecule has 2 amide bonds. The maximum Gasteiger partial charge on any atom is 0.317 e. The number of morpholine rings is 1. The largest absolute Gasteiger partial charge is 0.367 e. The molecular weight excluding hydrogens is 304 g/mol. The summed E-state index contributed by atoms with van der Waals surface area (Å²) in [6.07, 6.45) is 3.15. The van der Waals surface area contributed by atoms with Crippen molar-refractivity contribution in [2.45, 2.75) is 38.5 Å². The van der Waals surface area contributed by atoms with Crippen LogP contribution in [0.25, 0.3) is 0 Å². The Morgan fingerprint density at radius 2 is 2.43 bits per heavy atom. The lowest BCUT2D eigenvalue weighted by atomic mass is 10.1. The maximum atomic E-state index is 12.4. The van der Waals surface area contributed by atoms with Crippen LogP contribution < -0.4 is 5.32 Å². The van der Waals surface area contributed by atoms with Gasteiger partial charge in [0.15, 0.2) is 0 Å². The van der Waals surface area contributed by atoms with Crippen LogP contribution in [-0.4, -0.2) is 48.2 Å². The van der Waals surface area contributed by atoms with Crippen LogP contribution in [0.3, 0.4) is 0 Å². The van der Waals surface area contributed by atoms with Crippen molar-refractivity contribution in [1.82, 2.24) is 10.2 Å². The minimum atomic E-state index is -0.00717. The first-order valence-electron chi connectivity index (χ1n) is 7.32. The lowest BCUT2D eigenvalue weighted by molar-refractivity contribution is -0.0656. The maximum absolute atomic E-state index is 12.4. The Labute approximate surface area is 135 Å². The van der Waals surface area contributed by atoms with Gasteiger partial charge in [-0.15, -0.1) is 0 Å². The minimum absolute atomic E-state index is 0.00717. The first-order chi connectivity index (χ1) is 10.1. The smallest absolute Gasteiger partial charge is 0.317 e. The lowest BCUT2D eigenvalue weighted by Crippen LogP contribution is -2.51. The highest BCUT2D eigenvalue weighted by Gasteiger charge is 2.29. The predicted molar refractivity (Wildman–Crippen MR) is 90.2 cm³/mol.